The summed E-state index contributed by atoms with van der Waals surface area (Å²) in [6.45, 7) is 15.9. The normalized spacial score (nSPS) is 42.1. The fourth-order valence-electron chi connectivity index (χ4n) is 8.87. The van der Waals surface area contributed by atoms with E-state index >= 15 is 0 Å². The summed E-state index contributed by atoms with van der Waals surface area (Å²) in [7, 11) is 7.26. The summed E-state index contributed by atoms with van der Waals surface area (Å²) in [5, 5.41) is 27.3. The molecule has 0 spiro atoms. The first-order chi connectivity index (χ1) is 25.1. The summed E-state index contributed by atoms with van der Waals surface area (Å²) in [6.07, 6.45) is -3.25. The first-order valence-corrected chi connectivity index (χ1v) is 19.8. The van der Waals surface area contributed by atoms with Gasteiger partial charge in [-0.2, -0.15) is 0 Å². The van der Waals surface area contributed by atoms with Gasteiger partial charge in [-0.3, -0.25) is 9.59 Å². The number of carbonyl (C=O) groups is 2. The van der Waals surface area contributed by atoms with Crippen molar-refractivity contribution in [3.05, 3.63) is 29.8 Å². The van der Waals surface area contributed by atoms with E-state index in [1.165, 1.54) is 0 Å². The number of aliphatic hydroxyl groups excluding tert-OH is 1. The molecule has 1 aromatic rings. The molecule has 13 nitrogen and oxygen atoms in total. The van der Waals surface area contributed by atoms with E-state index in [1.54, 1.807) is 32.9 Å². The standard InChI is InChI=1S/C41H70N4O9/c1-23-20-40(7,49)37(54-39-35(47)32(44(9)10)17-24(2)51-39)25(3)36(53-34-21-41(8,50-12)27(5)28(6)52-34)26(4)38(48)43-31(19-33(46)45(11)22-23)18-29-13-15-30(42)16-14-29/h13-16,23-28,31-32,34-37,39,47,49H,17-22,42H2,1-12H3,(H,43,48)/t23-,24-,25+,26-,27+,28+,31-,32+,34?,35-,36+,37-,39+,40-,41-/m1/s1. The molecule has 54 heavy (non-hydrogen) atoms. The lowest BCUT2D eigenvalue weighted by Gasteiger charge is -2.49. The second-order valence-electron chi connectivity index (χ2n) is 17.5. The smallest absolute Gasteiger partial charge is 0.225 e. The van der Waals surface area contributed by atoms with Crippen LogP contribution in [0, 0.1) is 23.7 Å². The third-order valence-corrected chi connectivity index (χ3v) is 12.5. The lowest BCUT2D eigenvalue weighted by Crippen LogP contribution is -2.60. The van der Waals surface area contributed by atoms with Gasteiger partial charge in [0.05, 0.1) is 41.5 Å². The Labute approximate surface area is 323 Å². The summed E-state index contributed by atoms with van der Waals surface area (Å²) in [4.78, 5) is 31.8. The molecule has 1 aromatic carbocycles. The first kappa shape index (κ1) is 44.4. The predicted octanol–water partition coefficient (Wildman–Crippen LogP) is 3.58. The molecule has 3 saturated heterocycles. The number of nitrogens with one attached hydrogen (secondary N) is 1. The third kappa shape index (κ3) is 10.7. The molecule has 1 unspecified atom stereocenters. The number of anilines is 1. The van der Waals surface area contributed by atoms with Gasteiger partial charge in [0.2, 0.25) is 11.8 Å². The summed E-state index contributed by atoms with van der Waals surface area (Å²) in [6, 6.07) is 6.68. The molecule has 0 saturated carbocycles. The minimum absolute atomic E-state index is 0.0733. The summed E-state index contributed by atoms with van der Waals surface area (Å²) in [5.74, 6) is -1.92. The first-order valence-electron chi connectivity index (χ1n) is 19.8. The van der Waals surface area contributed by atoms with Crippen molar-refractivity contribution in [2.75, 3.05) is 40.5 Å². The molecule has 3 heterocycles. The molecule has 0 radical (unpaired) electrons. The zero-order chi connectivity index (χ0) is 40.3. The monoisotopic (exact) mass is 763 g/mol. The molecule has 308 valence electrons. The largest absolute Gasteiger partial charge is 0.399 e. The third-order valence-electron chi connectivity index (χ3n) is 12.5. The van der Waals surface area contributed by atoms with E-state index < -0.39 is 60.0 Å². The van der Waals surface area contributed by atoms with Gasteiger partial charge in [0.15, 0.2) is 12.6 Å². The minimum atomic E-state index is -1.50. The van der Waals surface area contributed by atoms with E-state index in [9.17, 15) is 19.8 Å². The molecular formula is C41H70N4O9. The van der Waals surface area contributed by atoms with E-state index in [2.05, 4.69) is 12.2 Å². The van der Waals surface area contributed by atoms with Gasteiger partial charge in [-0.05, 0) is 84.7 Å². The number of nitrogen functional groups attached to an aromatic ring is 1. The minimum Gasteiger partial charge on any atom is -0.399 e. The number of amides is 2. The van der Waals surface area contributed by atoms with Crippen LogP contribution >= 0.6 is 0 Å². The number of methoxy groups -OCH3 is 1. The number of benzene rings is 1. The Hall–Kier alpha value is -2.36. The Bertz CT molecular complexity index is 1380. The van der Waals surface area contributed by atoms with Crippen molar-refractivity contribution in [1.29, 1.82) is 0 Å². The highest BCUT2D eigenvalue weighted by atomic mass is 16.7. The molecule has 2 amide bonds. The van der Waals surface area contributed by atoms with Crippen molar-refractivity contribution >= 4 is 17.5 Å². The van der Waals surface area contributed by atoms with Crippen molar-refractivity contribution in [1.82, 2.24) is 15.1 Å². The molecule has 15 atom stereocenters. The maximum Gasteiger partial charge on any atom is 0.225 e. The molecule has 13 heteroatoms. The summed E-state index contributed by atoms with van der Waals surface area (Å²) < 4.78 is 32.4. The Morgan fingerprint density at radius 3 is 2.28 bits per heavy atom. The molecule has 3 aliphatic heterocycles. The number of aliphatic hydroxyl groups is 2. The second-order valence-corrected chi connectivity index (χ2v) is 17.5. The topological polar surface area (TPSA) is 165 Å². The number of likely N-dealkylation sites (N-methyl/N-ethyl adjacent to an activating group) is 1. The Kier molecular flexibility index (Phi) is 15.0. The van der Waals surface area contributed by atoms with Crippen LogP contribution in [0.5, 0.6) is 0 Å². The Morgan fingerprint density at radius 2 is 1.67 bits per heavy atom. The lowest BCUT2D eigenvalue weighted by atomic mass is 9.77. The van der Waals surface area contributed by atoms with Crippen LogP contribution in [0.3, 0.4) is 0 Å². The lowest BCUT2D eigenvalue weighted by molar-refractivity contribution is -0.313. The Balaban J connectivity index is 1.78. The van der Waals surface area contributed by atoms with Gasteiger partial charge in [0.25, 0.3) is 0 Å². The van der Waals surface area contributed by atoms with Gasteiger partial charge in [-0.25, -0.2) is 0 Å². The van der Waals surface area contributed by atoms with E-state index in [-0.39, 0.29) is 54.7 Å². The number of hydrogen-bond acceptors (Lipinski definition) is 11. The highest BCUT2D eigenvalue weighted by Gasteiger charge is 2.51. The van der Waals surface area contributed by atoms with Crippen LogP contribution in [0.2, 0.25) is 0 Å². The van der Waals surface area contributed by atoms with Gasteiger partial charge in [-0.1, -0.05) is 39.8 Å². The van der Waals surface area contributed by atoms with Gasteiger partial charge in [-0.15, -0.1) is 0 Å². The molecular weight excluding hydrogens is 692 g/mol. The highest BCUT2D eigenvalue weighted by molar-refractivity contribution is 5.81. The fraction of sp³-hybridized carbons (Fsp3) is 0.805. The van der Waals surface area contributed by atoms with Crippen LogP contribution in [-0.2, 0) is 39.7 Å². The van der Waals surface area contributed by atoms with E-state index in [1.807, 2.05) is 77.9 Å². The van der Waals surface area contributed by atoms with Crippen molar-refractivity contribution in [3.63, 3.8) is 0 Å². The number of ether oxygens (including phenoxy) is 5. The number of nitrogens with two attached hydrogens (primary N) is 1. The molecule has 0 aliphatic carbocycles. The zero-order valence-electron chi connectivity index (χ0n) is 34.8. The quantitative estimate of drug-likeness (QED) is 0.286. The maximum atomic E-state index is 14.5. The molecule has 4 rings (SSSR count). The van der Waals surface area contributed by atoms with Crippen LogP contribution < -0.4 is 11.1 Å². The number of hydrogen-bond donors (Lipinski definition) is 4. The molecule has 0 aromatic heterocycles. The average molecular weight is 763 g/mol. The van der Waals surface area contributed by atoms with Gasteiger partial charge in [0.1, 0.15) is 6.10 Å². The number of nitrogens with zero attached hydrogens (tertiary/aromatic N) is 2. The number of carbonyl (C=O) groups excluding carboxylic acids is 2. The molecule has 3 aliphatic rings. The summed E-state index contributed by atoms with van der Waals surface area (Å²) >= 11 is 0. The van der Waals surface area contributed by atoms with Crippen molar-refractivity contribution in [3.8, 4) is 0 Å². The van der Waals surface area contributed by atoms with Gasteiger partial charge >= 0.3 is 0 Å². The van der Waals surface area contributed by atoms with E-state index in [0.29, 0.717) is 31.5 Å². The molecule has 3 fully saturated rings. The van der Waals surface area contributed by atoms with Gasteiger partial charge < -0.3 is 54.7 Å². The van der Waals surface area contributed by atoms with Crippen LogP contribution in [0.25, 0.3) is 0 Å². The fourth-order valence-corrected chi connectivity index (χ4v) is 8.87. The predicted molar refractivity (Wildman–Crippen MR) is 207 cm³/mol. The van der Waals surface area contributed by atoms with Crippen LogP contribution in [0.4, 0.5) is 5.69 Å². The Morgan fingerprint density at radius 1 is 1.02 bits per heavy atom. The molecule has 0 bridgehead atoms. The highest BCUT2D eigenvalue weighted by Crippen LogP contribution is 2.41. The van der Waals surface area contributed by atoms with Gasteiger partial charge in [0, 0.05) is 63.2 Å². The van der Waals surface area contributed by atoms with Crippen LogP contribution in [0.1, 0.15) is 86.6 Å². The number of rotatable bonds is 8. The van der Waals surface area contributed by atoms with E-state index in [4.69, 9.17) is 29.4 Å². The zero-order valence-corrected chi connectivity index (χ0v) is 34.8. The van der Waals surface area contributed by atoms with E-state index in [0.717, 1.165) is 5.56 Å². The second kappa shape index (κ2) is 18.3. The van der Waals surface area contributed by atoms with Crippen LogP contribution in [0.15, 0.2) is 24.3 Å². The summed E-state index contributed by atoms with van der Waals surface area (Å²) in [5.41, 5.74) is 5.46. The van der Waals surface area contributed by atoms with Crippen molar-refractivity contribution in [2.24, 2.45) is 23.7 Å². The van der Waals surface area contributed by atoms with Crippen LogP contribution in [-0.4, -0.2) is 133 Å². The molecule has 5 N–H and O–H groups in total. The van der Waals surface area contributed by atoms with Crippen molar-refractivity contribution < 1.29 is 43.5 Å². The maximum absolute atomic E-state index is 14.5. The van der Waals surface area contributed by atoms with Crippen molar-refractivity contribution in [2.45, 2.75) is 154 Å². The SMILES string of the molecule is CO[C@]1(C)CC(O[C@H]2[C@H](C)[C@@H](O[C@@H]3O[C@H](C)C[C@H](N(C)C)[C@H]3O)[C@](C)(O)C[C@@H](C)CN(C)C(=O)C[C@@H](Cc3ccc(N)cc3)NC(=O)[C@@H]2C)O[C@@H](C)[C@@H]1C. The average Bonchev–Trinajstić information content (AvgIpc) is 3.09.